The first kappa shape index (κ1) is 32.5. The van der Waals surface area contributed by atoms with Crippen molar-refractivity contribution in [3.05, 3.63) is 168 Å². The lowest BCUT2D eigenvalue weighted by molar-refractivity contribution is -0.143. The molecule has 1 atom stereocenters. The van der Waals surface area contributed by atoms with E-state index in [1.54, 1.807) is 18.3 Å². The van der Waals surface area contributed by atoms with Gasteiger partial charge in [-0.2, -0.15) is 0 Å². The number of anilines is 2. The van der Waals surface area contributed by atoms with Gasteiger partial charge in [-0.05, 0) is 52.9 Å². The van der Waals surface area contributed by atoms with Crippen LogP contribution in [0.1, 0.15) is 32.7 Å². The molecule has 0 saturated carbocycles. The number of aromatic nitrogens is 2. The van der Waals surface area contributed by atoms with Gasteiger partial charge < -0.3 is 20.5 Å². The predicted octanol–water partition coefficient (Wildman–Crippen LogP) is 6.64. The van der Waals surface area contributed by atoms with Crippen LogP contribution in [-0.4, -0.2) is 46.2 Å². The van der Waals surface area contributed by atoms with Gasteiger partial charge in [0.15, 0.2) is 5.69 Å². The number of nitrogens with one attached hydrogen (secondary N) is 3. The van der Waals surface area contributed by atoms with Crippen molar-refractivity contribution in [1.82, 2.24) is 15.3 Å². The Morgan fingerprint density at radius 3 is 1.82 bits per heavy atom. The highest BCUT2D eigenvalue weighted by molar-refractivity contribution is 6.07. The quantitative estimate of drug-likeness (QED) is 0.0903. The summed E-state index contributed by atoms with van der Waals surface area (Å²) in [6, 6.07) is 38.6. The summed E-state index contributed by atoms with van der Waals surface area (Å²) < 4.78 is 5.38. The fourth-order valence-corrected chi connectivity index (χ4v) is 6.09. The van der Waals surface area contributed by atoms with E-state index in [2.05, 4.69) is 25.9 Å². The van der Waals surface area contributed by atoms with Gasteiger partial charge >= 0.3 is 18.0 Å². The molecule has 2 heterocycles. The highest BCUT2D eigenvalue weighted by atomic mass is 16.5. The van der Waals surface area contributed by atoms with Crippen molar-refractivity contribution in [2.24, 2.45) is 0 Å². The Morgan fingerprint density at radius 2 is 1.24 bits per heavy atom. The number of fused-ring (bicyclic) bond motifs is 1. The maximum atomic E-state index is 13.7. The molecule has 0 aliphatic heterocycles. The second-order valence-electron chi connectivity index (χ2n) is 11.2. The van der Waals surface area contributed by atoms with Gasteiger partial charge in [0.2, 0.25) is 0 Å². The molecule has 4 N–H and O–H groups in total. The van der Waals surface area contributed by atoms with E-state index in [9.17, 15) is 19.5 Å². The molecule has 244 valence electrons. The summed E-state index contributed by atoms with van der Waals surface area (Å²) in [6.45, 7) is 0. The lowest BCUT2D eigenvalue weighted by Crippen LogP contribution is -2.53. The lowest BCUT2D eigenvalue weighted by atomic mass is 9.76. The van der Waals surface area contributed by atoms with Crippen molar-refractivity contribution in [3.63, 3.8) is 0 Å². The summed E-state index contributed by atoms with van der Waals surface area (Å²) in [5.74, 6) is -1.71. The Morgan fingerprint density at radius 1 is 0.694 bits per heavy atom. The Kier molecular flexibility index (Phi) is 9.68. The Hall–Kier alpha value is -6.39. The molecule has 6 aromatic rings. The van der Waals surface area contributed by atoms with E-state index in [1.807, 2.05) is 103 Å². The van der Waals surface area contributed by atoms with Crippen LogP contribution in [0.4, 0.5) is 16.2 Å². The summed E-state index contributed by atoms with van der Waals surface area (Å²) in [5.41, 5.74) is 3.34. The monoisotopic (exact) mass is 651 g/mol. The molecule has 0 fully saturated rings. The highest BCUT2D eigenvalue weighted by Gasteiger charge is 2.40. The van der Waals surface area contributed by atoms with Crippen LogP contribution in [0, 0.1) is 0 Å². The normalized spacial score (nSPS) is 11.8. The molecule has 2 amide bonds. The largest absolute Gasteiger partial charge is 0.476 e. The van der Waals surface area contributed by atoms with Crippen LogP contribution < -0.4 is 16.0 Å². The zero-order valence-electron chi connectivity index (χ0n) is 26.5. The van der Waals surface area contributed by atoms with Crippen molar-refractivity contribution in [2.75, 3.05) is 17.7 Å². The molecule has 10 heteroatoms. The van der Waals surface area contributed by atoms with Crippen LogP contribution in [0.3, 0.4) is 0 Å². The summed E-state index contributed by atoms with van der Waals surface area (Å²) >= 11 is 0. The van der Waals surface area contributed by atoms with Crippen LogP contribution in [-0.2, 0) is 21.5 Å². The van der Waals surface area contributed by atoms with Gasteiger partial charge in [0, 0.05) is 17.8 Å². The number of pyridine rings is 2. The average Bonchev–Trinajstić information content (AvgIpc) is 3.15. The van der Waals surface area contributed by atoms with E-state index in [-0.39, 0.29) is 17.8 Å². The SMILES string of the molecule is COC(=O)C(Cc1ccc(NC(=O)Nc2cccnc2C(=O)O)c2ncccc12)NC(c1ccccc1)(c1ccccc1)c1ccccc1. The molecule has 10 nitrogen and oxygen atoms in total. The summed E-state index contributed by atoms with van der Waals surface area (Å²) in [5, 5.41) is 19.2. The number of ether oxygens (including phenoxy) is 1. The number of carboxylic acid groups (broad SMARTS) is 1. The Bertz CT molecular complexity index is 2000. The van der Waals surface area contributed by atoms with Crippen LogP contribution >= 0.6 is 0 Å². The third kappa shape index (κ3) is 6.85. The standard InChI is InChI=1S/C39H33N5O5/c1-49-37(47)33(44-39(27-13-5-2-6-14-27,28-15-7-3-8-16-28)29-17-9-4-10-18-29)25-26-21-22-32(34-30(26)19-11-23-40-34)43-38(48)42-31-20-12-24-41-35(31)36(45)46/h2-24,33,44H,25H2,1H3,(H,45,46)(H2,42,43,48). The molecule has 0 aliphatic carbocycles. The molecule has 49 heavy (non-hydrogen) atoms. The van der Waals surface area contributed by atoms with Gasteiger partial charge in [-0.3, -0.25) is 15.1 Å². The minimum atomic E-state index is -1.27. The van der Waals surface area contributed by atoms with Gasteiger partial charge in [-0.25, -0.2) is 14.6 Å². The third-order valence-corrected chi connectivity index (χ3v) is 8.29. The fourth-order valence-electron chi connectivity index (χ4n) is 6.09. The van der Waals surface area contributed by atoms with Crippen LogP contribution in [0.25, 0.3) is 10.9 Å². The number of methoxy groups -OCH3 is 1. The van der Waals surface area contributed by atoms with Crippen molar-refractivity contribution in [1.29, 1.82) is 0 Å². The summed E-state index contributed by atoms with van der Waals surface area (Å²) in [7, 11) is 1.37. The molecule has 6 rings (SSSR count). The Labute approximate surface area is 282 Å². The van der Waals surface area contributed by atoms with E-state index < -0.39 is 29.6 Å². The second-order valence-corrected chi connectivity index (χ2v) is 11.2. The number of hydrogen-bond acceptors (Lipinski definition) is 7. The molecule has 0 spiro atoms. The van der Waals surface area contributed by atoms with Crippen molar-refractivity contribution in [2.45, 2.75) is 18.0 Å². The molecular weight excluding hydrogens is 618 g/mol. The number of aromatic carboxylic acids is 1. The second kappa shape index (κ2) is 14.6. The average molecular weight is 652 g/mol. The summed E-state index contributed by atoms with van der Waals surface area (Å²) in [6.07, 6.45) is 3.18. The molecule has 0 radical (unpaired) electrons. The van der Waals surface area contributed by atoms with Crippen molar-refractivity contribution in [3.8, 4) is 0 Å². The molecular formula is C39H33N5O5. The zero-order chi connectivity index (χ0) is 34.2. The number of rotatable bonds is 11. The number of urea groups is 1. The third-order valence-electron chi connectivity index (χ3n) is 8.29. The minimum absolute atomic E-state index is 0.0483. The zero-order valence-corrected chi connectivity index (χ0v) is 26.5. The predicted molar refractivity (Wildman–Crippen MR) is 187 cm³/mol. The van der Waals surface area contributed by atoms with Crippen LogP contribution in [0.5, 0.6) is 0 Å². The molecule has 0 saturated heterocycles. The van der Waals surface area contributed by atoms with Gasteiger partial charge in [-0.15, -0.1) is 0 Å². The van der Waals surface area contributed by atoms with Gasteiger partial charge in [0.1, 0.15) is 6.04 Å². The van der Waals surface area contributed by atoms with E-state index in [0.717, 1.165) is 22.3 Å². The number of nitrogens with zero attached hydrogens (tertiary/aromatic N) is 2. The molecule has 4 aromatic carbocycles. The van der Waals surface area contributed by atoms with Crippen molar-refractivity contribution >= 4 is 40.2 Å². The molecule has 2 aromatic heterocycles. The maximum absolute atomic E-state index is 13.7. The first-order valence-corrected chi connectivity index (χ1v) is 15.6. The van der Waals surface area contributed by atoms with Crippen molar-refractivity contribution < 1.29 is 24.2 Å². The number of carboxylic acids is 1. The first-order chi connectivity index (χ1) is 23.9. The number of amides is 2. The smallest absolute Gasteiger partial charge is 0.356 e. The summed E-state index contributed by atoms with van der Waals surface area (Å²) in [4.78, 5) is 46.6. The first-order valence-electron chi connectivity index (χ1n) is 15.6. The highest BCUT2D eigenvalue weighted by Crippen LogP contribution is 2.38. The van der Waals surface area contributed by atoms with Gasteiger partial charge in [0.25, 0.3) is 0 Å². The van der Waals surface area contributed by atoms with E-state index in [0.29, 0.717) is 16.6 Å². The molecule has 0 bridgehead atoms. The minimum Gasteiger partial charge on any atom is -0.476 e. The maximum Gasteiger partial charge on any atom is 0.356 e. The van der Waals surface area contributed by atoms with E-state index in [4.69, 9.17) is 4.74 Å². The Balaban J connectivity index is 1.38. The van der Waals surface area contributed by atoms with Gasteiger partial charge in [0.05, 0.1) is 29.5 Å². The molecule has 0 aliphatic rings. The number of esters is 1. The number of carbonyl (C=O) groups excluding carboxylic acids is 2. The lowest BCUT2D eigenvalue weighted by Gasteiger charge is -2.39. The van der Waals surface area contributed by atoms with Crippen LogP contribution in [0.2, 0.25) is 0 Å². The topological polar surface area (TPSA) is 143 Å². The number of carbonyl (C=O) groups is 3. The number of hydrogen-bond donors (Lipinski definition) is 4. The van der Waals surface area contributed by atoms with Gasteiger partial charge in [-0.1, -0.05) is 103 Å². The van der Waals surface area contributed by atoms with E-state index in [1.165, 1.54) is 25.4 Å². The van der Waals surface area contributed by atoms with E-state index >= 15 is 0 Å². The van der Waals surface area contributed by atoms with Crippen LogP contribution in [0.15, 0.2) is 140 Å². The fraction of sp³-hybridized carbons (Fsp3) is 0.103. The number of benzene rings is 4. The molecule has 1 unspecified atom stereocenters.